The smallest absolute Gasteiger partial charge is 0.118 e. The third kappa shape index (κ3) is 2.07. The Morgan fingerprint density at radius 2 is 2.00 bits per heavy atom. The van der Waals surface area contributed by atoms with Gasteiger partial charge in [-0.1, -0.05) is 12.1 Å². The van der Waals surface area contributed by atoms with Crippen LogP contribution in [0.2, 0.25) is 0 Å². The second kappa shape index (κ2) is 4.53. The number of aromatic nitrogens is 2. The van der Waals surface area contributed by atoms with Gasteiger partial charge in [-0.05, 0) is 29.8 Å². The lowest BCUT2D eigenvalue weighted by Crippen LogP contribution is -1.88. The predicted octanol–water partition coefficient (Wildman–Crippen LogP) is 3.16. The van der Waals surface area contributed by atoms with E-state index in [9.17, 15) is 0 Å². The lowest BCUT2D eigenvalue weighted by Gasteiger charge is -2.02. The maximum absolute atomic E-state index is 5.15. The molecule has 18 heavy (non-hydrogen) atoms. The van der Waals surface area contributed by atoms with Crippen molar-refractivity contribution in [3.05, 3.63) is 60.0 Å². The van der Waals surface area contributed by atoms with E-state index in [-0.39, 0.29) is 0 Å². The standard InChI is InChI=1S/C15H14N2O/c1-18-14-4-2-11(3-5-14)8-13-9-12-6-7-16-10-15(12)17-13/h2-7,9-10,17H,8H2,1H3. The molecule has 0 spiro atoms. The van der Waals surface area contributed by atoms with Crippen molar-refractivity contribution in [2.45, 2.75) is 6.42 Å². The van der Waals surface area contributed by atoms with E-state index in [1.54, 1.807) is 7.11 Å². The van der Waals surface area contributed by atoms with Crippen LogP contribution in [-0.4, -0.2) is 17.1 Å². The van der Waals surface area contributed by atoms with Gasteiger partial charge in [0.05, 0.1) is 18.8 Å². The van der Waals surface area contributed by atoms with Crippen molar-refractivity contribution in [3.8, 4) is 5.75 Å². The van der Waals surface area contributed by atoms with E-state index in [4.69, 9.17) is 4.74 Å². The summed E-state index contributed by atoms with van der Waals surface area (Å²) >= 11 is 0. The van der Waals surface area contributed by atoms with Crippen LogP contribution in [0.1, 0.15) is 11.3 Å². The molecule has 0 saturated carbocycles. The number of fused-ring (bicyclic) bond motifs is 1. The van der Waals surface area contributed by atoms with Crippen LogP contribution in [0.15, 0.2) is 48.8 Å². The Kier molecular flexibility index (Phi) is 2.73. The SMILES string of the molecule is COc1ccc(Cc2cc3ccncc3[nH]2)cc1. The van der Waals surface area contributed by atoms with Gasteiger partial charge < -0.3 is 9.72 Å². The summed E-state index contributed by atoms with van der Waals surface area (Å²) in [6.07, 6.45) is 4.55. The minimum absolute atomic E-state index is 0.888. The van der Waals surface area contributed by atoms with E-state index in [2.05, 4.69) is 28.2 Å². The predicted molar refractivity (Wildman–Crippen MR) is 71.9 cm³/mol. The van der Waals surface area contributed by atoms with Gasteiger partial charge in [-0.2, -0.15) is 0 Å². The zero-order chi connectivity index (χ0) is 12.4. The Morgan fingerprint density at radius 1 is 1.17 bits per heavy atom. The molecule has 0 radical (unpaired) electrons. The molecule has 0 fully saturated rings. The third-order valence-electron chi connectivity index (χ3n) is 3.03. The minimum atomic E-state index is 0.888. The summed E-state index contributed by atoms with van der Waals surface area (Å²) in [5.74, 6) is 0.889. The van der Waals surface area contributed by atoms with Crippen molar-refractivity contribution in [1.29, 1.82) is 0 Å². The lowest BCUT2D eigenvalue weighted by atomic mass is 10.1. The first-order valence-electron chi connectivity index (χ1n) is 5.90. The maximum Gasteiger partial charge on any atom is 0.118 e. The highest BCUT2D eigenvalue weighted by Crippen LogP contribution is 2.18. The Hall–Kier alpha value is -2.29. The Labute approximate surface area is 105 Å². The molecule has 0 saturated heterocycles. The number of nitrogens with one attached hydrogen (secondary N) is 1. The third-order valence-corrected chi connectivity index (χ3v) is 3.03. The summed E-state index contributed by atoms with van der Waals surface area (Å²) < 4.78 is 5.15. The van der Waals surface area contributed by atoms with E-state index in [0.717, 1.165) is 17.7 Å². The number of pyridine rings is 1. The van der Waals surface area contributed by atoms with E-state index >= 15 is 0 Å². The number of methoxy groups -OCH3 is 1. The molecule has 0 atom stereocenters. The van der Waals surface area contributed by atoms with Crippen LogP contribution < -0.4 is 4.74 Å². The van der Waals surface area contributed by atoms with Crippen LogP contribution in [0.5, 0.6) is 5.75 Å². The zero-order valence-corrected chi connectivity index (χ0v) is 10.2. The van der Waals surface area contributed by atoms with E-state index < -0.39 is 0 Å². The number of nitrogens with zero attached hydrogens (tertiary/aromatic N) is 1. The van der Waals surface area contributed by atoms with Gasteiger partial charge in [0.1, 0.15) is 5.75 Å². The summed E-state index contributed by atoms with van der Waals surface area (Å²) in [7, 11) is 1.68. The average molecular weight is 238 g/mol. The van der Waals surface area contributed by atoms with Crippen LogP contribution in [0.4, 0.5) is 0 Å². The molecular formula is C15H14N2O. The molecule has 1 aromatic carbocycles. The minimum Gasteiger partial charge on any atom is -0.497 e. The number of rotatable bonds is 3. The molecule has 0 aliphatic heterocycles. The first-order valence-corrected chi connectivity index (χ1v) is 5.90. The quantitative estimate of drug-likeness (QED) is 0.761. The monoisotopic (exact) mass is 238 g/mol. The summed E-state index contributed by atoms with van der Waals surface area (Å²) in [4.78, 5) is 7.49. The largest absolute Gasteiger partial charge is 0.497 e. The molecule has 2 heterocycles. The first kappa shape index (κ1) is 10.8. The van der Waals surface area contributed by atoms with Crippen molar-refractivity contribution >= 4 is 10.9 Å². The Balaban J connectivity index is 1.86. The van der Waals surface area contributed by atoms with Crippen molar-refractivity contribution in [2.24, 2.45) is 0 Å². The van der Waals surface area contributed by atoms with Crippen molar-refractivity contribution < 1.29 is 4.74 Å². The molecule has 3 aromatic rings. The highest BCUT2D eigenvalue weighted by Gasteiger charge is 2.02. The van der Waals surface area contributed by atoms with Gasteiger partial charge in [-0.25, -0.2) is 0 Å². The molecule has 0 amide bonds. The second-order valence-electron chi connectivity index (χ2n) is 4.28. The van der Waals surface area contributed by atoms with Crippen LogP contribution in [0.3, 0.4) is 0 Å². The molecule has 0 unspecified atom stereocenters. The van der Waals surface area contributed by atoms with Crippen LogP contribution >= 0.6 is 0 Å². The molecule has 3 rings (SSSR count). The van der Waals surface area contributed by atoms with E-state index in [1.807, 2.05) is 30.6 Å². The van der Waals surface area contributed by atoms with Gasteiger partial charge in [-0.15, -0.1) is 0 Å². The fourth-order valence-corrected chi connectivity index (χ4v) is 2.09. The first-order chi connectivity index (χ1) is 8.85. The molecule has 1 N–H and O–H groups in total. The van der Waals surface area contributed by atoms with Crippen LogP contribution in [0.25, 0.3) is 10.9 Å². The normalized spacial score (nSPS) is 10.7. The van der Waals surface area contributed by atoms with E-state index in [0.29, 0.717) is 0 Å². The molecule has 90 valence electrons. The molecule has 2 aromatic heterocycles. The van der Waals surface area contributed by atoms with Gasteiger partial charge in [0.25, 0.3) is 0 Å². The lowest BCUT2D eigenvalue weighted by molar-refractivity contribution is 0.414. The van der Waals surface area contributed by atoms with Gasteiger partial charge in [-0.3, -0.25) is 4.98 Å². The summed E-state index contributed by atoms with van der Waals surface area (Å²) in [6, 6.07) is 12.3. The topological polar surface area (TPSA) is 37.9 Å². The van der Waals surface area contributed by atoms with Crippen LogP contribution in [0, 0.1) is 0 Å². The summed E-state index contributed by atoms with van der Waals surface area (Å²) in [5.41, 5.74) is 3.54. The van der Waals surface area contributed by atoms with Crippen molar-refractivity contribution in [2.75, 3.05) is 7.11 Å². The molecule has 0 aliphatic carbocycles. The highest BCUT2D eigenvalue weighted by molar-refractivity contribution is 5.79. The number of benzene rings is 1. The van der Waals surface area contributed by atoms with Crippen LogP contribution in [-0.2, 0) is 6.42 Å². The summed E-state index contributed by atoms with van der Waals surface area (Å²) in [5, 5.41) is 1.20. The van der Waals surface area contributed by atoms with Gasteiger partial charge >= 0.3 is 0 Å². The fourth-order valence-electron chi connectivity index (χ4n) is 2.09. The molecule has 3 heteroatoms. The Morgan fingerprint density at radius 3 is 2.72 bits per heavy atom. The molecule has 0 aliphatic rings. The maximum atomic E-state index is 5.15. The zero-order valence-electron chi connectivity index (χ0n) is 10.2. The average Bonchev–Trinajstić information content (AvgIpc) is 2.82. The van der Waals surface area contributed by atoms with Gasteiger partial charge in [0, 0.05) is 23.7 Å². The molecule has 0 bridgehead atoms. The van der Waals surface area contributed by atoms with E-state index in [1.165, 1.54) is 16.6 Å². The molecule has 3 nitrogen and oxygen atoms in total. The molecular weight excluding hydrogens is 224 g/mol. The van der Waals surface area contributed by atoms with Gasteiger partial charge in [0.15, 0.2) is 0 Å². The number of hydrogen-bond donors (Lipinski definition) is 1. The second-order valence-corrected chi connectivity index (χ2v) is 4.28. The highest BCUT2D eigenvalue weighted by atomic mass is 16.5. The van der Waals surface area contributed by atoms with Crippen molar-refractivity contribution in [1.82, 2.24) is 9.97 Å². The Bertz CT molecular complexity index is 623. The number of H-pyrrole nitrogens is 1. The van der Waals surface area contributed by atoms with Gasteiger partial charge in [0.2, 0.25) is 0 Å². The fraction of sp³-hybridized carbons (Fsp3) is 0.133. The van der Waals surface area contributed by atoms with Crippen molar-refractivity contribution in [3.63, 3.8) is 0 Å². The number of hydrogen-bond acceptors (Lipinski definition) is 2. The summed E-state index contributed by atoms with van der Waals surface area (Å²) in [6.45, 7) is 0. The number of ether oxygens (including phenoxy) is 1. The number of aromatic amines is 1.